The highest BCUT2D eigenvalue weighted by Gasteiger charge is 2.31. The lowest BCUT2D eigenvalue weighted by Gasteiger charge is -2.35. The van der Waals surface area contributed by atoms with Gasteiger partial charge in [-0.15, -0.1) is 11.3 Å². The highest BCUT2D eigenvalue weighted by molar-refractivity contribution is 7.14. The van der Waals surface area contributed by atoms with Crippen LogP contribution in [0.25, 0.3) is 0 Å². The topological polar surface area (TPSA) is 36.4 Å². The molecule has 3 heterocycles. The number of hydrogen-bond donors (Lipinski definition) is 0. The number of carbonyl (C=O) groups is 1. The van der Waals surface area contributed by atoms with Gasteiger partial charge in [0.05, 0.1) is 4.88 Å². The molecule has 1 saturated heterocycles. The lowest BCUT2D eigenvalue weighted by atomic mass is 9.72. The van der Waals surface area contributed by atoms with E-state index in [9.17, 15) is 4.79 Å². The molecule has 4 rings (SSSR count). The fourth-order valence-electron chi connectivity index (χ4n) is 4.25. The zero-order chi connectivity index (χ0) is 19.0. The molecule has 0 radical (unpaired) electrons. The van der Waals surface area contributed by atoms with E-state index in [-0.39, 0.29) is 5.91 Å². The molecule has 2 aliphatic rings. The highest BCUT2D eigenvalue weighted by Crippen LogP contribution is 2.40. The first-order valence-corrected chi connectivity index (χ1v) is 10.8. The molecule has 1 fully saturated rings. The summed E-state index contributed by atoms with van der Waals surface area (Å²) >= 11 is 1.73. The van der Waals surface area contributed by atoms with Crippen molar-refractivity contribution in [3.8, 4) is 0 Å². The first-order valence-electron chi connectivity index (χ1n) is 9.97. The second-order valence-corrected chi connectivity index (χ2v) is 9.99. The van der Waals surface area contributed by atoms with Gasteiger partial charge in [-0.05, 0) is 54.4 Å². The van der Waals surface area contributed by atoms with Gasteiger partial charge in [-0.25, -0.2) is 0 Å². The van der Waals surface area contributed by atoms with E-state index in [2.05, 4.69) is 36.7 Å². The first-order chi connectivity index (χ1) is 12.9. The maximum Gasteiger partial charge on any atom is 0.264 e. The number of amides is 1. The minimum atomic E-state index is 0.219. The van der Waals surface area contributed by atoms with Gasteiger partial charge in [0, 0.05) is 49.1 Å². The summed E-state index contributed by atoms with van der Waals surface area (Å²) in [5.41, 5.74) is 2.95. The molecular weight excluding hydrogens is 354 g/mol. The fraction of sp³-hybridized carbons (Fsp3) is 0.545. The number of thiophene rings is 1. The average molecular weight is 384 g/mol. The van der Waals surface area contributed by atoms with Crippen LogP contribution in [0.5, 0.6) is 0 Å². The summed E-state index contributed by atoms with van der Waals surface area (Å²) in [6.07, 6.45) is 7.15. The normalized spacial score (nSPS) is 20.5. The van der Waals surface area contributed by atoms with Crippen molar-refractivity contribution in [3.63, 3.8) is 0 Å². The lowest BCUT2D eigenvalue weighted by molar-refractivity contribution is 0.0751. The Morgan fingerprint density at radius 2 is 1.85 bits per heavy atom. The minimum Gasteiger partial charge on any atom is -0.368 e. The van der Waals surface area contributed by atoms with Crippen LogP contribution in [-0.2, 0) is 12.8 Å². The van der Waals surface area contributed by atoms with Crippen molar-refractivity contribution < 1.29 is 4.79 Å². The van der Waals surface area contributed by atoms with E-state index in [1.165, 1.54) is 22.5 Å². The molecule has 5 heteroatoms. The van der Waals surface area contributed by atoms with E-state index in [1.54, 1.807) is 11.3 Å². The van der Waals surface area contributed by atoms with E-state index < -0.39 is 0 Å². The third-order valence-corrected chi connectivity index (χ3v) is 7.34. The first kappa shape index (κ1) is 18.5. The molecule has 2 aromatic heterocycles. The van der Waals surface area contributed by atoms with Crippen molar-refractivity contribution in [2.75, 3.05) is 31.1 Å². The van der Waals surface area contributed by atoms with Gasteiger partial charge in [-0.2, -0.15) is 0 Å². The number of pyridine rings is 1. The van der Waals surface area contributed by atoms with E-state index in [1.807, 2.05) is 29.4 Å². The molecular formula is C22H29N3OS. The number of carbonyl (C=O) groups excluding carboxylic acids is 1. The molecule has 0 aromatic carbocycles. The van der Waals surface area contributed by atoms with Crippen LogP contribution in [-0.4, -0.2) is 42.0 Å². The van der Waals surface area contributed by atoms with Gasteiger partial charge >= 0.3 is 0 Å². The Kier molecular flexibility index (Phi) is 4.97. The predicted molar refractivity (Wildman–Crippen MR) is 112 cm³/mol. The van der Waals surface area contributed by atoms with Gasteiger partial charge in [-0.1, -0.05) is 20.8 Å². The Morgan fingerprint density at radius 1 is 1.15 bits per heavy atom. The van der Waals surface area contributed by atoms with Crippen molar-refractivity contribution in [1.29, 1.82) is 0 Å². The Morgan fingerprint density at radius 3 is 2.52 bits per heavy atom. The SMILES string of the molecule is CC(C)(C)C1CCc2sc(C(=O)N3CCN(c4ccncc4)CC3)cc2C1. The monoisotopic (exact) mass is 383 g/mol. The molecule has 1 aliphatic heterocycles. The Labute approximate surface area is 166 Å². The number of hydrogen-bond acceptors (Lipinski definition) is 4. The molecule has 1 amide bonds. The second kappa shape index (κ2) is 7.27. The molecule has 4 nitrogen and oxygen atoms in total. The number of aryl methyl sites for hydroxylation is 1. The van der Waals surface area contributed by atoms with Gasteiger partial charge < -0.3 is 9.80 Å². The molecule has 0 bridgehead atoms. The molecule has 0 N–H and O–H groups in total. The van der Waals surface area contributed by atoms with Crippen LogP contribution in [0.2, 0.25) is 0 Å². The van der Waals surface area contributed by atoms with Crippen LogP contribution in [0.4, 0.5) is 5.69 Å². The summed E-state index contributed by atoms with van der Waals surface area (Å²) in [5.74, 6) is 0.933. The van der Waals surface area contributed by atoms with Crippen molar-refractivity contribution in [1.82, 2.24) is 9.88 Å². The zero-order valence-electron chi connectivity index (χ0n) is 16.6. The van der Waals surface area contributed by atoms with E-state index in [0.29, 0.717) is 11.3 Å². The smallest absolute Gasteiger partial charge is 0.264 e. The van der Waals surface area contributed by atoms with Gasteiger partial charge in [0.25, 0.3) is 5.91 Å². The summed E-state index contributed by atoms with van der Waals surface area (Å²) in [4.78, 5) is 23.9. The fourth-order valence-corrected chi connectivity index (χ4v) is 5.42. The van der Waals surface area contributed by atoms with Gasteiger partial charge in [0.15, 0.2) is 0 Å². The summed E-state index contributed by atoms with van der Waals surface area (Å²) in [6, 6.07) is 6.27. The number of aromatic nitrogens is 1. The second-order valence-electron chi connectivity index (χ2n) is 8.85. The molecule has 2 aromatic rings. The predicted octanol–water partition coefficient (Wildman–Crippen LogP) is 4.26. The van der Waals surface area contributed by atoms with Gasteiger partial charge in [-0.3, -0.25) is 9.78 Å². The van der Waals surface area contributed by atoms with Crippen LogP contribution >= 0.6 is 11.3 Å². The Bertz CT molecular complexity index is 801. The summed E-state index contributed by atoms with van der Waals surface area (Å²) < 4.78 is 0. The average Bonchev–Trinajstić information content (AvgIpc) is 3.11. The van der Waals surface area contributed by atoms with E-state index in [0.717, 1.165) is 43.9 Å². The van der Waals surface area contributed by atoms with Crippen LogP contribution in [0.1, 0.15) is 47.3 Å². The maximum absolute atomic E-state index is 13.0. The minimum absolute atomic E-state index is 0.219. The van der Waals surface area contributed by atoms with Crippen molar-refractivity contribution in [3.05, 3.63) is 45.9 Å². The number of nitrogens with zero attached hydrogens (tertiary/aromatic N) is 3. The highest BCUT2D eigenvalue weighted by atomic mass is 32.1. The van der Waals surface area contributed by atoms with Crippen molar-refractivity contribution in [2.24, 2.45) is 11.3 Å². The van der Waals surface area contributed by atoms with Crippen molar-refractivity contribution >= 4 is 22.9 Å². The Hall–Kier alpha value is -1.88. The maximum atomic E-state index is 13.0. The van der Waals surface area contributed by atoms with Crippen molar-refractivity contribution in [2.45, 2.75) is 40.0 Å². The van der Waals surface area contributed by atoms with Crippen LogP contribution in [0.3, 0.4) is 0 Å². The van der Waals surface area contributed by atoms with E-state index in [4.69, 9.17) is 0 Å². The molecule has 0 spiro atoms. The van der Waals surface area contributed by atoms with E-state index >= 15 is 0 Å². The summed E-state index contributed by atoms with van der Waals surface area (Å²) in [7, 11) is 0. The molecule has 144 valence electrons. The lowest BCUT2D eigenvalue weighted by Crippen LogP contribution is -2.48. The molecule has 0 saturated carbocycles. The van der Waals surface area contributed by atoms with Crippen LogP contribution in [0.15, 0.2) is 30.6 Å². The molecule has 1 unspecified atom stereocenters. The third kappa shape index (κ3) is 3.88. The molecule has 27 heavy (non-hydrogen) atoms. The standard InChI is InChI=1S/C22H29N3OS/c1-22(2,3)17-4-5-19-16(14-17)15-20(27-19)21(26)25-12-10-24(11-13-25)18-6-8-23-9-7-18/h6-9,15,17H,4-5,10-14H2,1-3H3. The number of fused-ring (bicyclic) bond motifs is 1. The van der Waals surface area contributed by atoms with Crippen LogP contribution in [0, 0.1) is 11.3 Å². The van der Waals surface area contributed by atoms with Gasteiger partial charge in [0.2, 0.25) is 0 Å². The van der Waals surface area contributed by atoms with Gasteiger partial charge in [0.1, 0.15) is 0 Å². The summed E-state index contributed by atoms with van der Waals surface area (Å²) in [5, 5.41) is 0. The molecule has 1 aliphatic carbocycles. The number of piperazine rings is 1. The quantitative estimate of drug-likeness (QED) is 0.778. The third-order valence-electron chi connectivity index (χ3n) is 6.11. The summed E-state index contributed by atoms with van der Waals surface area (Å²) in [6.45, 7) is 10.3. The largest absolute Gasteiger partial charge is 0.368 e. The number of anilines is 1. The zero-order valence-corrected chi connectivity index (χ0v) is 17.4. The number of rotatable bonds is 2. The van der Waals surface area contributed by atoms with Crippen LogP contribution < -0.4 is 4.90 Å². The molecule has 1 atom stereocenters. The Balaban J connectivity index is 1.41.